The molecule has 0 radical (unpaired) electrons. The Balaban J connectivity index is 2.73. The van der Waals surface area contributed by atoms with Gasteiger partial charge in [-0.3, -0.25) is 0 Å². The quantitative estimate of drug-likeness (QED) is 0.579. The lowest BCUT2D eigenvalue weighted by Gasteiger charge is -2.12. The van der Waals surface area contributed by atoms with Gasteiger partial charge in [0.25, 0.3) is 0 Å². The lowest BCUT2D eigenvalue weighted by molar-refractivity contribution is 0.625. The molecule has 4 heteroatoms. The monoisotopic (exact) mass is 289 g/mol. The first-order valence-corrected chi connectivity index (χ1v) is 6.12. The third kappa shape index (κ3) is 4.80. The summed E-state index contributed by atoms with van der Waals surface area (Å²) in [6.45, 7) is 6.19. The largest absolute Gasteiger partial charge is 0.223 e. The van der Waals surface area contributed by atoms with Crippen LogP contribution in [0.3, 0.4) is 0 Å². The lowest BCUT2D eigenvalue weighted by Crippen LogP contribution is -2.05. The zero-order valence-electron chi connectivity index (χ0n) is 8.92. The SMILES string of the molecule is CC(C)(C)SN=Cc1ccc(Br)cc1F. The highest BCUT2D eigenvalue weighted by Crippen LogP contribution is 2.24. The summed E-state index contributed by atoms with van der Waals surface area (Å²) in [7, 11) is 0. The van der Waals surface area contributed by atoms with Gasteiger partial charge in [-0.2, -0.15) is 0 Å². The molecule has 0 saturated carbocycles. The predicted molar refractivity (Wildman–Crippen MR) is 69.0 cm³/mol. The van der Waals surface area contributed by atoms with Gasteiger partial charge in [0.15, 0.2) is 0 Å². The molecule has 0 spiro atoms. The molecule has 1 rings (SSSR count). The Morgan fingerprint density at radius 2 is 2.07 bits per heavy atom. The molecular weight excluding hydrogens is 277 g/mol. The fraction of sp³-hybridized carbons (Fsp3) is 0.364. The van der Waals surface area contributed by atoms with E-state index in [4.69, 9.17) is 0 Å². The molecule has 1 aromatic carbocycles. The first-order chi connectivity index (χ1) is 6.88. The van der Waals surface area contributed by atoms with Crippen LogP contribution < -0.4 is 0 Å². The van der Waals surface area contributed by atoms with Gasteiger partial charge in [-0.05, 0) is 50.9 Å². The Hall–Kier alpha value is -0.350. The van der Waals surface area contributed by atoms with Crippen LogP contribution in [0.5, 0.6) is 0 Å². The first-order valence-electron chi connectivity index (χ1n) is 4.55. The van der Waals surface area contributed by atoms with Gasteiger partial charge in [-0.1, -0.05) is 15.9 Å². The second kappa shape index (κ2) is 5.12. The summed E-state index contributed by atoms with van der Waals surface area (Å²) in [5, 5.41) is 0. The second-order valence-electron chi connectivity index (χ2n) is 4.10. The van der Waals surface area contributed by atoms with Crippen molar-refractivity contribution in [2.75, 3.05) is 0 Å². The molecule has 0 N–H and O–H groups in total. The normalized spacial score (nSPS) is 12.3. The minimum Gasteiger partial charge on any atom is -0.223 e. The average molecular weight is 290 g/mol. The van der Waals surface area contributed by atoms with Gasteiger partial charge in [-0.15, -0.1) is 0 Å². The molecule has 0 atom stereocenters. The Morgan fingerprint density at radius 3 is 2.60 bits per heavy atom. The standard InChI is InChI=1S/C11H13BrFNS/c1-11(2,3)15-14-7-8-4-5-9(12)6-10(8)13/h4-7H,1-3H3. The fourth-order valence-corrected chi connectivity index (χ4v) is 1.66. The van der Waals surface area contributed by atoms with Crippen molar-refractivity contribution in [3.63, 3.8) is 0 Å². The Bertz CT molecular complexity index is 371. The highest BCUT2D eigenvalue weighted by molar-refractivity contribution is 9.10. The molecular formula is C11H13BrFNS. The van der Waals surface area contributed by atoms with Crippen molar-refractivity contribution in [2.45, 2.75) is 25.5 Å². The van der Waals surface area contributed by atoms with E-state index >= 15 is 0 Å². The van der Waals surface area contributed by atoms with Crippen LogP contribution in [0, 0.1) is 5.82 Å². The van der Waals surface area contributed by atoms with Crippen molar-refractivity contribution < 1.29 is 4.39 Å². The van der Waals surface area contributed by atoms with Crippen LogP contribution in [-0.4, -0.2) is 11.0 Å². The van der Waals surface area contributed by atoms with Crippen LogP contribution in [0.1, 0.15) is 26.3 Å². The van der Waals surface area contributed by atoms with Gasteiger partial charge < -0.3 is 0 Å². The minimum atomic E-state index is -0.261. The van der Waals surface area contributed by atoms with Gasteiger partial charge in [0.05, 0.1) is 0 Å². The average Bonchev–Trinajstić information content (AvgIpc) is 2.07. The third-order valence-corrected chi connectivity index (χ3v) is 2.73. The Kier molecular flexibility index (Phi) is 4.34. The first kappa shape index (κ1) is 12.7. The Labute approximate surface area is 102 Å². The summed E-state index contributed by atoms with van der Waals surface area (Å²) in [5.41, 5.74) is 0.509. The maximum absolute atomic E-state index is 13.3. The van der Waals surface area contributed by atoms with E-state index in [1.165, 1.54) is 18.0 Å². The van der Waals surface area contributed by atoms with E-state index in [0.717, 1.165) is 4.47 Å². The van der Waals surface area contributed by atoms with Crippen LogP contribution in [0.4, 0.5) is 4.39 Å². The lowest BCUT2D eigenvalue weighted by atomic mass is 10.2. The zero-order chi connectivity index (χ0) is 11.5. The van der Waals surface area contributed by atoms with E-state index in [0.29, 0.717) is 5.56 Å². The number of benzene rings is 1. The molecule has 0 aliphatic rings. The summed E-state index contributed by atoms with van der Waals surface area (Å²) < 4.78 is 18.3. The molecule has 0 heterocycles. The summed E-state index contributed by atoms with van der Waals surface area (Å²) in [6.07, 6.45) is 1.55. The molecule has 82 valence electrons. The molecule has 0 fully saturated rings. The van der Waals surface area contributed by atoms with Crippen LogP contribution >= 0.6 is 27.9 Å². The maximum atomic E-state index is 13.3. The summed E-state index contributed by atoms with van der Waals surface area (Å²) >= 11 is 4.64. The molecule has 1 nitrogen and oxygen atoms in total. The molecule has 1 aromatic rings. The van der Waals surface area contributed by atoms with Crippen molar-refractivity contribution in [1.29, 1.82) is 0 Å². The van der Waals surface area contributed by atoms with E-state index < -0.39 is 0 Å². The van der Waals surface area contributed by atoms with E-state index in [1.54, 1.807) is 18.3 Å². The smallest absolute Gasteiger partial charge is 0.133 e. The van der Waals surface area contributed by atoms with Gasteiger partial charge in [0.2, 0.25) is 0 Å². The van der Waals surface area contributed by atoms with Crippen LogP contribution in [-0.2, 0) is 0 Å². The number of hydrogen-bond donors (Lipinski definition) is 0. The van der Waals surface area contributed by atoms with Crippen LogP contribution in [0.2, 0.25) is 0 Å². The summed E-state index contributed by atoms with van der Waals surface area (Å²) in [5.74, 6) is -0.261. The van der Waals surface area contributed by atoms with Crippen LogP contribution in [0.25, 0.3) is 0 Å². The van der Waals surface area contributed by atoms with Crippen LogP contribution in [0.15, 0.2) is 27.1 Å². The topological polar surface area (TPSA) is 12.4 Å². The van der Waals surface area contributed by atoms with Gasteiger partial charge in [0.1, 0.15) is 5.82 Å². The molecule has 15 heavy (non-hydrogen) atoms. The molecule has 0 aliphatic carbocycles. The maximum Gasteiger partial charge on any atom is 0.133 e. The van der Waals surface area contributed by atoms with Crippen molar-refractivity contribution in [3.8, 4) is 0 Å². The van der Waals surface area contributed by atoms with E-state index in [9.17, 15) is 4.39 Å². The number of rotatable bonds is 2. The number of halogens is 2. The molecule has 0 saturated heterocycles. The number of hydrogen-bond acceptors (Lipinski definition) is 2. The van der Waals surface area contributed by atoms with Gasteiger partial charge >= 0.3 is 0 Å². The van der Waals surface area contributed by atoms with Gasteiger partial charge in [-0.25, -0.2) is 8.79 Å². The summed E-state index contributed by atoms with van der Waals surface area (Å²) in [4.78, 5) is 0. The molecule has 0 amide bonds. The summed E-state index contributed by atoms with van der Waals surface area (Å²) in [6, 6.07) is 4.93. The van der Waals surface area contributed by atoms with Gasteiger partial charge in [0, 0.05) is 21.0 Å². The third-order valence-electron chi connectivity index (χ3n) is 1.48. The van der Waals surface area contributed by atoms with Crippen molar-refractivity contribution in [2.24, 2.45) is 4.40 Å². The highest BCUT2D eigenvalue weighted by Gasteiger charge is 2.09. The van der Waals surface area contributed by atoms with Crippen molar-refractivity contribution in [3.05, 3.63) is 34.1 Å². The zero-order valence-corrected chi connectivity index (χ0v) is 11.3. The van der Waals surface area contributed by atoms with E-state index in [2.05, 4.69) is 41.1 Å². The minimum absolute atomic E-state index is 0.0579. The molecule has 0 bridgehead atoms. The predicted octanol–water partition coefficient (Wildman–Crippen LogP) is 4.45. The van der Waals surface area contributed by atoms with Crippen molar-refractivity contribution >= 4 is 34.1 Å². The molecule has 0 aliphatic heterocycles. The van der Waals surface area contributed by atoms with Crippen molar-refractivity contribution in [1.82, 2.24) is 0 Å². The van der Waals surface area contributed by atoms with E-state index in [1.807, 2.05) is 0 Å². The highest BCUT2D eigenvalue weighted by atomic mass is 79.9. The molecule has 0 unspecified atom stereocenters. The van der Waals surface area contributed by atoms with E-state index in [-0.39, 0.29) is 10.6 Å². The molecule has 0 aromatic heterocycles. The Morgan fingerprint density at radius 1 is 1.40 bits per heavy atom. The fourth-order valence-electron chi connectivity index (χ4n) is 0.847. The number of nitrogens with zero attached hydrogens (tertiary/aromatic N) is 1. The second-order valence-corrected chi connectivity index (χ2v) is 6.64.